The third-order valence-corrected chi connectivity index (χ3v) is 5.92. The number of rotatable bonds is 2. The maximum absolute atomic E-state index is 12.3. The van der Waals surface area contributed by atoms with Gasteiger partial charge in [-0.05, 0) is 25.7 Å². The van der Waals surface area contributed by atoms with Gasteiger partial charge >= 0.3 is 0 Å². The van der Waals surface area contributed by atoms with E-state index in [-0.39, 0.29) is 35.4 Å². The van der Waals surface area contributed by atoms with Crippen LogP contribution in [0.4, 0.5) is 0 Å². The summed E-state index contributed by atoms with van der Waals surface area (Å²) >= 11 is 0. The third kappa shape index (κ3) is 3.03. The molecule has 2 fully saturated rings. The molecule has 1 aliphatic carbocycles. The number of hydrogen-bond acceptors (Lipinski definition) is 4. The van der Waals surface area contributed by atoms with E-state index in [4.69, 9.17) is 5.73 Å². The lowest BCUT2D eigenvalue weighted by atomic mass is 9.85. The number of hydrogen-bond donors (Lipinski definition) is 1. The Morgan fingerprint density at radius 1 is 1.28 bits per heavy atom. The van der Waals surface area contributed by atoms with Gasteiger partial charge in [0.15, 0.2) is 9.84 Å². The minimum Gasteiger partial charge on any atom is -0.341 e. The van der Waals surface area contributed by atoms with Crippen LogP contribution in [0.25, 0.3) is 0 Å². The van der Waals surface area contributed by atoms with Crippen molar-refractivity contribution in [3.63, 3.8) is 0 Å². The van der Waals surface area contributed by atoms with E-state index in [1.807, 2.05) is 0 Å². The van der Waals surface area contributed by atoms with Gasteiger partial charge in [-0.1, -0.05) is 6.42 Å². The number of amides is 1. The van der Waals surface area contributed by atoms with E-state index in [2.05, 4.69) is 0 Å². The summed E-state index contributed by atoms with van der Waals surface area (Å²) in [5, 5.41) is 0. The second-order valence-corrected chi connectivity index (χ2v) is 7.86. The van der Waals surface area contributed by atoms with Gasteiger partial charge < -0.3 is 10.6 Å². The molecule has 3 atom stereocenters. The molecule has 18 heavy (non-hydrogen) atoms. The molecule has 3 unspecified atom stereocenters. The van der Waals surface area contributed by atoms with Crippen LogP contribution in [0.15, 0.2) is 0 Å². The SMILES string of the molecule is CN(C(=O)C1CCCC(N)C1)C1CCS(=O)(=O)C1. The highest BCUT2D eigenvalue weighted by Gasteiger charge is 2.36. The fraction of sp³-hybridized carbons (Fsp3) is 0.917. The highest BCUT2D eigenvalue weighted by atomic mass is 32.2. The molecule has 104 valence electrons. The average molecular weight is 274 g/mol. The summed E-state index contributed by atoms with van der Waals surface area (Å²) in [6.45, 7) is 0. The van der Waals surface area contributed by atoms with Crippen LogP contribution in [0, 0.1) is 5.92 Å². The Bertz CT molecular complexity index is 421. The molecule has 0 aromatic carbocycles. The van der Waals surface area contributed by atoms with E-state index in [1.165, 1.54) is 0 Å². The molecule has 1 saturated carbocycles. The van der Waals surface area contributed by atoms with Crippen molar-refractivity contribution in [3.8, 4) is 0 Å². The smallest absolute Gasteiger partial charge is 0.225 e. The molecule has 1 saturated heterocycles. The standard InChI is InChI=1S/C12H22N2O3S/c1-14(11-5-6-18(16,17)8-11)12(15)9-3-2-4-10(13)7-9/h9-11H,2-8,13H2,1H3. The van der Waals surface area contributed by atoms with Gasteiger partial charge in [0.1, 0.15) is 0 Å². The average Bonchev–Trinajstić information content (AvgIpc) is 2.68. The van der Waals surface area contributed by atoms with Crippen molar-refractivity contribution in [2.75, 3.05) is 18.6 Å². The summed E-state index contributed by atoms with van der Waals surface area (Å²) in [6.07, 6.45) is 4.18. The second-order valence-electron chi connectivity index (χ2n) is 5.63. The van der Waals surface area contributed by atoms with Gasteiger partial charge in [-0.2, -0.15) is 0 Å². The lowest BCUT2D eigenvalue weighted by molar-refractivity contribution is -0.137. The Labute approximate surface area is 109 Å². The summed E-state index contributed by atoms with van der Waals surface area (Å²) in [6, 6.07) is -0.0194. The zero-order valence-electron chi connectivity index (χ0n) is 10.8. The van der Waals surface area contributed by atoms with Gasteiger partial charge in [-0.25, -0.2) is 8.42 Å². The normalized spacial score (nSPS) is 35.3. The molecule has 0 aromatic heterocycles. The largest absolute Gasteiger partial charge is 0.341 e. The molecule has 1 aliphatic heterocycles. The lowest BCUT2D eigenvalue weighted by Crippen LogP contribution is -2.44. The monoisotopic (exact) mass is 274 g/mol. The van der Waals surface area contributed by atoms with E-state index < -0.39 is 9.84 Å². The summed E-state index contributed by atoms with van der Waals surface area (Å²) in [4.78, 5) is 14.0. The van der Waals surface area contributed by atoms with E-state index >= 15 is 0 Å². The van der Waals surface area contributed by atoms with Crippen LogP contribution >= 0.6 is 0 Å². The predicted molar refractivity (Wildman–Crippen MR) is 69.8 cm³/mol. The lowest BCUT2D eigenvalue weighted by Gasteiger charge is -2.32. The summed E-state index contributed by atoms with van der Waals surface area (Å²) in [5.74, 6) is 0.391. The van der Waals surface area contributed by atoms with Crippen LogP contribution in [0.2, 0.25) is 0 Å². The molecule has 1 amide bonds. The summed E-state index contributed by atoms with van der Waals surface area (Å²) in [7, 11) is -1.20. The van der Waals surface area contributed by atoms with Crippen LogP contribution in [-0.4, -0.2) is 49.9 Å². The van der Waals surface area contributed by atoms with Gasteiger partial charge in [0.25, 0.3) is 0 Å². The zero-order chi connectivity index (χ0) is 13.3. The predicted octanol–water partition coefficient (Wildman–Crippen LogP) is 0.149. The van der Waals surface area contributed by atoms with Crippen molar-refractivity contribution in [1.29, 1.82) is 0 Å². The van der Waals surface area contributed by atoms with Crippen molar-refractivity contribution < 1.29 is 13.2 Å². The maximum Gasteiger partial charge on any atom is 0.225 e. The van der Waals surface area contributed by atoms with E-state index in [0.29, 0.717) is 6.42 Å². The topological polar surface area (TPSA) is 80.5 Å². The van der Waals surface area contributed by atoms with Crippen LogP contribution in [-0.2, 0) is 14.6 Å². The summed E-state index contributed by atoms with van der Waals surface area (Å²) < 4.78 is 22.9. The third-order valence-electron chi connectivity index (χ3n) is 4.17. The fourth-order valence-corrected chi connectivity index (χ4v) is 4.78. The first kappa shape index (κ1) is 13.8. The Balaban J connectivity index is 1.96. The molecular weight excluding hydrogens is 252 g/mol. The molecular formula is C12H22N2O3S. The molecule has 0 radical (unpaired) electrons. The first-order chi connectivity index (χ1) is 8.39. The molecule has 5 nitrogen and oxygen atoms in total. The number of sulfone groups is 1. The Hall–Kier alpha value is -0.620. The minimum atomic E-state index is -2.93. The van der Waals surface area contributed by atoms with Gasteiger partial charge in [0.05, 0.1) is 11.5 Å². The molecule has 0 aromatic rings. The van der Waals surface area contributed by atoms with Crippen molar-refractivity contribution in [1.82, 2.24) is 4.90 Å². The highest BCUT2D eigenvalue weighted by molar-refractivity contribution is 7.91. The van der Waals surface area contributed by atoms with Crippen LogP contribution in [0.3, 0.4) is 0 Å². The second kappa shape index (κ2) is 5.17. The maximum atomic E-state index is 12.3. The number of nitrogens with two attached hydrogens (primary N) is 1. The fourth-order valence-electron chi connectivity index (χ4n) is 3.00. The minimum absolute atomic E-state index is 0.0120. The number of carbonyl (C=O) groups is 1. The Morgan fingerprint density at radius 2 is 2.00 bits per heavy atom. The van der Waals surface area contributed by atoms with E-state index in [1.54, 1.807) is 11.9 Å². The van der Waals surface area contributed by atoms with E-state index in [9.17, 15) is 13.2 Å². The van der Waals surface area contributed by atoms with Gasteiger partial charge in [-0.15, -0.1) is 0 Å². The molecule has 2 rings (SSSR count). The van der Waals surface area contributed by atoms with E-state index in [0.717, 1.165) is 25.7 Å². The van der Waals surface area contributed by atoms with Gasteiger partial charge in [0.2, 0.25) is 5.91 Å². The molecule has 0 spiro atoms. The van der Waals surface area contributed by atoms with Crippen LogP contribution in [0.1, 0.15) is 32.1 Å². The number of carbonyl (C=O) groups excluding carboxylic acids is 1. The van der Waals surface area contributed by atoms with Crippen molar-refractivity contribution in [3.05, 3.63) is 0 Å². The first-order valence-corrected chi connectivity index (χ1v) is 8.44. The quantitative estimate of drug-likeness (QED) is 0.777. The number of nitrogens with zero attached hydrogens (tertiary/aromatic N) is 1. The van der Waals surface area contributed by atoms with Crippen molar-refractivity contribution >= 4 is 15.7 Å². The molecule has 2 N–H and O–H groups in total. The molecule has 2 aliphatic rings. The van der Waals surface area contributed by atoms with Gasteiger partial charge in [0, 0.05) is 25.0 Å². The molecule has 6 heteroatoms. The highest BCUT2D eigenvalue weighted by Crippen LogP contribution is 2.26. The molecule has 0 bridgehead atoms. The van der Waals surface area contributed by atoms with Crippen molar-refractivity contribution in [2.45, 2.75) is 44.2 Å². The molecule has 1 heterocycles. The summed E-state index contributed by atoms with van der Waals surface area (Å²) in [5.41, 5.74) is 5.89. The Morgan fingerprint density at radius 3 is 2.56 bits per heavy atom. The van der Waals surface area contributed by atoms with Crippen LogP contribution in [0.5, 0.6) is 0 Å². The van der Waals surface area contributed by atoms with Crippen LogP contribution < -0.4 is 5.73 Å². The first-order valence-electron chi connectivity index (χ1n) is 6.62. The zero-order valence-corrected chi connectivity index (χ0v) is 11.7. The Kier molecular flexibility index (Phi) is 3.96. The van der Waals surface area contributed by atoms with Crippen molar-refractivity contribution in [2.24, 2.45) is 11.7 Å². The van der Waals surface area contributed by atoms with Gasteiger partial charge in [-0.3, -0.25) is 4.79 Å².